The van der Waals surface area contributed by atoms with Gasteiger partial charge in [-0.2, -0.15) is 9.78 Å². The first-order chi connectivity index (χ1) is 16.1. The number of carbonyl (C=O) groups excluding carboxylic acids is 1. The fourth-order valence-electron chi connectivity index (χ4n) is 3.77. The van der Waals surface area contributed by atoms with E-state index in [0.717, 1.165) is 15.2 Å². The zero-order valence-corrected chi connectivity index (χ0v) is 19.2. The second-order valence-corrected chi connectivity index (χ2v) is 9.00. The molecule has 33 heavy (non-hydrogen) atoms. The predicted octanol–water partition coefficient (Wildman–Crippen LogP) is 3.86. The lowest BCUT2D eigenvalue weighted by molar-refractivity contribution is -0.126. The van der Waals surface area contributed by atoms with Crippen molar-refractivity contribution >= 4 is 50.8 Å². The summed E-state index contributed by atoms with van der Waals surface area (Å²) >= 11 is 7.98. The summed E-state index contributed by atoms with van der Waals surface area (Å²) < 4.78 is 2.39. The van der Waals surface area contributed by atoms with Crippen LogP contribution >= 0.6 is 22.9 Å². The molecule has 0 unspecified atom stereocenters. The standard InChI is InChI=1S/C24H20ClN5O2S/c25-23-19(16-26-30(24(23)32)17-6-2-1-3-7-17)28-12-14-29(15-13-28)22(31)11-10-21-27-18-8-4-5-9-20(18)33-21/h1-11,16H,12-15H2. The van der Waals surface area contributed by atoms with Crippen molar-refractivity contribution in [2.75, 3.05) is 31.1 Å². The van der Waals surface area contributed by atoms with Gasteiger partial charge in [0.2, 0.25) is 5.91 Å². The SMILES string of the molecule is O=C(C=Cc1nc2ccccc2s1)N1CCN(c2cnn(-c3ccccc3)c(=O)c2Cl)CC1. The summed E-state index contributed by atoms with van der Waals surface area (Å²) in [4.78, 5) is 33.7. The Morgan fingerprint density at radius 2 is 1.73 bits per heavy atom. The molecular weight excluding hydrogens is 458 g/mol. The molecule has 166 valence electrons. The molecular formula is C24H20ClN5O2S. The van der Waals surface area contributed by atoms with Crippen molar-refractivity contribution in [3.05, 3.63) is 87.3 Å². The molecule has 1 amide bonds. The average Bonchev–Trinajstić information content (AvgIpc) is 3.28. The van der Waals surface area contributed by atoms with Gasteiger partial charge in [0, 0.05) is 32.3 Å². The molecule has 9 heteroatoms. The van der Waals surface area contributed by atoms with E-state index in [9.17, 15) is 9.59 Å². The van der Waals surface area contributed by atoms with Crippen molar-refractivity contribution in [3.63, 3.8) is 0 Å². The first-order valence-electron chi connectivity index (χ1n) is 10.5. The molecule has 0 spiro atoms. The molecule has 2 aromatic heterocycles. The van der Waals surface area contributed by atoms with Crippen molar-refractivity contribution in [1.29, 1.82) is 0 Å². The highest BCUT2D eigenvalue weighted by Gasteiger charge is 2.23. The summed E-state index contributed by atoms with van der Waals surface area (Å²) in [6.45, 7) is 2.19. The number of thiazole rings is 1. The average molecular weight is 478 g/mol. The number of anilines is 1. The molecule has 0 atom stereocenters. The molecule has 1 fully saturated rings. The van der Waals surface area contributed by atoms with Gasteiger partial charge in [-0.15, -0.1) is 11.3 Å². The molecule has 1 saturated heterocycles. The van der Waals surface area contributed by atoms with Crippen LogP contribution in [0.2, 0.25) is 5.02 Å². The van der Waals surface area contributed by atoms with Crippen molar-refractivity contribution in [1.82, 2.24) is 19.7 Å². The number of amides is 1. The first-order valence-corrected chi connectivity index (χ1v) is 11.7. The number of fused-ring (bicyclic) bond motifs is 1. The lowest BCUT2D eigenvalue weighted by Gasteiger charge is -2.35. The van der Waals surface area contributed by atoms with Crippen LogP contribution in [-0.2, 0) is 4.79 Å². The van der Waals surface area contributed by atoms with Gasteiger partial charge in [0.05, 0.1) is 27.8 Å². The zero-order valence-electron chi connectivity index (χ0n) is 17.6. The number of aromatic nitrogens is 3. The molecule has 3 heterocycles. The molecule has 0 saturated carbocycles. The maximum Gasteiger partial charge on any atom is 0.292 e. The minimum Gasteiger partial charge on any atom is -0.365 e. The van der Waals surface area contributed by atoms with E-state index < -0.39 is 0 Å². The van der Waals surface area contributed by atoms with E-state index in [1.165, 1.54) is 4.68 Å². The smallest absolute Gasteiger partial charge is 0.292 e. The number of piperazine rings is 1. The van der Waals surface area contributed by atoms with Gasteiger partial charge in [0.1, 0.15) is 10.0 Å². The van der Waals surface area contributed by atoms with Gasteiger partial charge in [-0.05, 0) is 30.3 Å². The summed E-state index contributed by atoms with van der Waals surface area (Å²) in [5, 5.41) is 5.23. The van der Waals surface area contributed by atoms with Gasteiger partial charge in [0.25, 0.3) is 5.56 Å². The Kier molecular flexibility index (Phi) is 5.93. The monoisotopic (exact) mass is 477 g/mol. The molecule has 5 rings (SSSR count). The van der Waals surface area contributed by atoms with E-state index in [-0.39, 0.29) is 16.5 Å². The minimum atomic E-state index is -0.363. The maximum absolute atomic E-state index is 12.8. The van der Waals surface area contributed by atoms with Gasteiger partial charge < -0.3 is 9.80 Å². The van der Waals surface area contributed by atoms with Crippen LogP contribution in [0, 0.1) is 0 Å². The predicted molar refractivity (Wildman–Crippen MR) is 132 cm³/mol. The summed E-state index contributed by atoms with van der Waals surface area (Å²) in [5.74, 6) is -0.0578. The number of hydrogen-bond donors (Lipinski definition) is 0. The van der Waals surface area contributed by atoms with Crippen LogP contribution in [0.4, 0.5) is 5.69 Å². The Balaban J connectivity index is 1.25. The van der Waals surface area contributed by atoms with E-state index in [1.54, 1.807) is 46.7 Å². The third kappa shape index (κ3) is 4.40. The lowest BCUT2D eigenvalue weighted by Crippen LogP contribution is -2.48. The largest absolute Gasteiger partial charge is 0.365 e. The number of hydrogen-bond acceptors (Lipinski definition) is 6. The summed E-state index contributed by atoms with van der Waals surface area (Å²) in [6, 6.07) is 17.1. The van der Waals surface area contributed by atoms with Crippen molar-refractivity contribution in [2.24, 2.45) is 0 Å². The lowest BCUT2D eigenvalue weighted by atomic mass is 10.2. The highest BCUT2D eigenvalue weighted by atomic mass is 35.5. The normalized spacial score (nSPS) is 14.3. The molecule has 4 aromatic rings. The Labute approximate surface area is 199 Å². The third-order valence-corrected chi connectivity index (χ3v) is 6.87. The quantitative estimate of drug-likeness (QED) is 0.417. The Bertz CT molecular complexity index is 1360. The third-order valence-electron chi connectivity index (χ3n) is 5.51. The topological polar surface area (TPSA) is 71.3 Å². The molecule has 1 aliphatic heterocycles. The fourth-order valence-corrected chi connectivity index (χ4v) is 4.89. The molecule has 0 aliphatic carbocycles. The van der Waals surface area contributed by atoms with Crippen LogP contribution < -0.4 is 10.5 Å². The maximum atomic E-state index is 12.8. The minimum absolute atomic E-state index is 0.0578. The van der Waals surface area contributed by atoms with Crippen molar-refractivity contribution in [3.8, 4) is 5.69 Å². The number of para-hydroxylation sites is 2. The van der Waals surface area contributed by atoms with E-state index in [2.05, 4.69) is 10.1 Å². The molecule has 1 aliphatic rings. The van der Waals surface area contributed by atoms with Crippen LogP contribution in [0.25, 0.3) is 22.0 Å². The summed E-state index contributed by atoms with van der Waals surface area (Å²) in [6.07, 6.45) is 4.95. The molecule has 0 radical (unpaired) electrons. The Morgan fingerprint density at radius 3 is 2.48 bits per heavy atom. The molecule has 7 nitrogen and oxygen atoms in total. The highest BCUT2D eigenvalue weighted by molar-refractivity contribution is 7.19. The van der Waals surface area contributed by atoms with Crippen molar-refractivity contribution in [2.45, 2.75) is 0 Å². The fraction of sp³-hybridized carbons (Fsp3) is 0.167. The van der Waals surface area contributed by atoms with E-state index in [1.807, 2.05) is 47.4 Å². The van der Waals surface area contributed by atoms with Gasteiger partial charge in [0.15, 0.2) is 0 Å². The Morgan fingerprint density at radius 1 is 1.00 bits per heavy atom. The number of carbonyl (C=O) groups is 1. The summed E-state index contributed by atoms with van der Waals surface area (Å²) in [7, 11) is 0. The van der Waals surface area contributed by atoms with E-state index in [4.69, 9.17) is 11.6 Å². The van der Waals surface area contributed by atoms with Crippen LogP contribution in [0.3, 0.4) is 0 Å². The molecule has 0 bridgehead atoms. The number of rotatable bonds is 4. The van der Waals surface area contributed by atoms with Crippen LogP contribution in [0.5, 0.6) is 0 Å². The van der Waals surface area contributed by atoms with Crippen LogP contribution in [0.1, 0.15) is 5.01 Å². The summed E-state index contributed by atoms with van der Waals surface area (Å²) in [5.41, 5.74) is 1.82. The van der Waals surface area contributed by atoms with Crippen LogP contribution in [-0.4, -0.2) is 51.8 Å². The Hall–Kier alpha value is -3.49. The van der Waals surface area contributed by atoms with Gasteiger partial charge in [-0.1, -0.05) is 41.9 Å². The molecule has 0 N–H and O–H groups in total. The highest BCUT2D eigenvalue weighted by Crippen LogP contribution is 2.24. The number of halogens is 1. The van der Waals surface area contributed by atoms with Crippen molar-refractivity contribution < 1.29 is 4.79 Å². The van der Waals surface area contributed by atoms with E-state index >= 15 is 0 Å². The van der Waals surface area contributed by atoms with E-state index in [0.29, 0.717) is 37.6 Å². The first kappa shape index (κ1) is 21.4. The van der Waals surface area contributed by atoms with Gasteiger partial charge in [-0.3, -0.25) is 9.59 Å². The second-order valence-electron chi connectivity index (χ2n) is 7.56. The zero-order chi connectivity index (χ0) is 22.8. The van der Waals surface area contributed by atoms with Gasteiger partial charge in [-0.25, -0.2) is 4.98 Å². The van der Waals surface area contributed by atoms with Crippen LogP contribution in [0.15, 0.2) is 71.7 Å². The molecule has 2 aromatic carbocycles. The number of nitrogens with zero attached hydrogens (tertiary/aromatic N) is 5. The number of benzene rings is 2. The second kappa shape index (κ2) is 9.17. The van der Waals surface area contributed by atoms with Gasteiger partial charge >= 0.3 is 0 Å².